The van der Waals surface area contributed by atoms with E-state index in [0.29, 0.717) is 10.2 Å². The largest absolute Gasteiger partial charge is 0.344 e. The van der Waals surface area contributed by atoms with E-state index in [0.717, 1.165) is 16.9 Å². The molecule has 1 aromatic carbocycles. The number of nitrogens with one attached hydrogen (secondary N) is 1. The molecule has 3 aromatic heterocycles. The summed E-state index contributed by atoms with van der Waals surface area (Å²) in [6.07, 6.45) is 1.44. The zero-order chi connectivity index (χ0) is 21.4. The maximum Gasteiger partial charge on any atom is 0.262 e. The van der Waals surface area contributed by atoms with E-state index in [-0.39, 0.29) is 36.0 Å². The fourth-order valence-electron chi connectivity index (χ4n) is 3.73. The molecule has 0 unspecified atom stereocenters. The molecule has 3 heterocycles. The highest BCUT2D eigenvalue weighted by molar-refractivity contribution is 7.16. The zero-order valence-corrected chi connectivity index (χ0v) is 18.3. The SMILES string of the molecule is CC(C)[C@H](NC(=O)Cn1cnc2sccc2c1=O)c1nc2ccccc2n1C(C)C. The molecule has 4 aromatic rings. The van der Waals surface area contributed by atoms with Crippen LogP contribution in [0, 0.1) is 5.92 Å². The predicted molar refractivity (Wildman–Crippen MR) is 120 cm³/mol. The molecule has 30 heavy (non-hydrogen) atoms. The number of fused-ring (bicyclic) bond motifs is 2. The molecular weight excluding hydrogens is 398 g/mol. The van der Waals surface area contributed by atoms with Crippen molar-refractivity contribution in [1.29, 1.82) is 0 Å². The standard InChI is InChI=1S/C22H25N5O2S/c1-13(2)19(20-24-16-7-5-6-8-17(16)27(20)14(3)4)25-18(28)11-26-12-23-21-15(22(26)29)9-10-30-21/h5-10,12-14,19H,11H2,1-4H3,(H,25,28)/t19-/m0/s1. The number of imidazole rings is 1. The summed E-state index contributed by atoms with van der Waals surface area (Å²) in [4.78, 5) is 35.3. The number of carbonyl (C=O) groups excluding carboxylic acids is 1. The van der Waals surface area contributed by atoms with Crippen molar-refractivity contribution < 1.29 is 4.79 Å². The molecular formula is C22H25N5O2S. The molecule has 0 aliphatic rings. The van der Waals surface area contributed by atoms with Gasteiger partial charge in [-0.05, 0) is 43.3 Å². The van der Waals surface area contributed by atoms with Crippen LogP contribution >= 0.6 is 11.3 Å². The third kappa shape index (κ3) is 3.63. The van der Waals surface area contributed by atoms with Crippen molar-refractivity contribution in [2.45, 2.75) is 46.3 Å². The minimum absolute atomic E-state index is 0.0806. The Hall–Kier alpha value is -3.00. The van der Waals surface area contributed by atoms with Crippen molar-refractivity contribution in [1.82, 2.24) is 24.4 Å². The highest BCUT2D eigenvalue weighted by Gasteiger charge is 2.26. The average Bonchev–Trinajstić information content (AvgIpc) is 3.32. The van der Waals surface area contributed by atoms with Gasteiger partial charge in [-0.1, -0.05) is 26.0 Å². The highest BCUT2D eigenvalue weighted by Crippen LogP contribution is 2.28. The van der Waals surface area contributed by atoms with Gasteiger partial charge in [0.25, 0.3) is 5.56 Å². The van der Waals surface area contributed by atoms with Crippen LogP contribution < -0.4 is 10.9 Å². The third-order valence-corrected chi connectivity index (χ3v) is 5.99. The smallest absolute Gasteiger partial charge is 0.262 e. The third-order valence-electron chi connectivity index (χ3n) is 5.17. The minimum Gasteiger partial charge on any atom is -0.344 e. The van der Waals surface area contributed by atoms with Crippen LogP contribution in [-0.4, -0.2) is 25.0 Å². The first-order valence-electron chi connectivity index (χ1n) is 10.1. The van der Waals surface area contributed by atoms with Crippen LogP contribution in [0.15, 0.2) is 46.8 Å². The fourth-order valence-corrected chi connectivity index (χ4v) is 4.46. The van der Waals surface area contributed by atoms with E-state index in [2.05, 4.69) is 42.6 Å². The van der Waals surface area contributed by atoms with Gasteiger partial charge in [-0.3, -0.25) is 14.2 Å². The quantitative estimate of drug-likeness (QED) is 0.510. The Morgan fingerprint density at radius 3 is 2.67 bits per heavy atom. The average molecular weight is 424 g/mol. The molecule has 1 N–H and O–H groups in total. The number of hydrogen-bond donors (Lipinski definition) is 1. The summed E-state index contributed by atoms with van der Waals surface area (Å²) < 4.78 is 3.53. The van der Waals surface area contributed by atoms with Crippen LogP contribution in [0.4, 0.5) is 0 Å². The number of amides is 1. The number of aromatic nitrogens is 4. The Kier molecular flexibility index (Phi) is 5.42. The van der Waals surface area contributed by atoms with E-state index in [4.69, 9.17) is 4.98 Å². The Balaban J connectivity index is 1.65. The van der Waals surface area contributed by atoms with Crippen LogP contribution in [-0.2, 0) is 11.3 Å². The van der Waals surface area contributed by atoms with Gasteiger partial charge in [0.1, 0.15) is 17.2 Å². The highest BCUT2D eigenvalue weighted by atomic mass is 32.1. The van der Waals surface area contributed by atoms with Crippen molar-refractivity contribution in [3.05, 3.63) is 58.2 Å². The summed E-state index contributed by atoms with van der Waals surface area (Å²) in [6, 6.07) is 9.65. The summed E-state index contributed by atoms with van der Waals surface area (Å²) in [5.41, 5.74) is 1.75. The van der Waals surface area contributed by atoms with Crippen LogP contribution in [0.5, 0.6) is 0 Å². The minimum atomic E-state index is -0.277. The lowest BCUT2D eigenvalue weighted by Gasteiger charge is -2.25. The number of carbonyl (C=O) groups is 1. The Bertz CT molecular complexity index is 1270. The molecule has 4 rings (SSSR count). The Labute approximate surface area is 178 Å². The Morgan fingerprint density at radius 1 is 1.17 bits per heavy atom. The van der Waals surface area contributed by atoms with Crippen molar-refractivity contribution in [3.63, 3.8) is 0 Å². The Morgan fingerprint density at radius 2 is 1.93 bits per heavy atom. The molecule has 0 radical (unpaired) electrons. The molecule has 0 bridgehead atoms. The van der Waals surface area contributed by atoms with Gasteiger partial charge in [0, 0.05) is 6.04 Å². The molecule has 0 spiro atoms. The van der Waals surface area contributed by atoms with Gasteiger partial charge in [-0.2, -0.15) is 0 Å². The molecule has 1 amide bonds. The van der Waals surface area contributed by atoms with Crippen LogP contribution in [0.2, 0.25) is 0 Å². The molecule has 1 atom stereocenters. The number of hydrogen-bond acceptors (Lipinski definition) is 5. The van der Waals surface area contributed by atoms with Crippen molar-refractivity contribution >= 4 is 38.5 Å². The van der Waals surface area contributed by atoms with Gasteiger partial charge in [-0.15, -0.1) is 11.3 Å². The van der Waals surface area contributed by atoms with Gasteiger partial charge in [0.15, 0.2) is 0 Å². The van der Waals surface area contributed by atoms with Crippen LogP contribution in [0.3, 0.4) is 0 Å². The monoisotopic (exact) mass is 423 g/mol. The maximum absolute atomic E-state index is 12.9. The lowest BCUT2D eigenvalue weighted by atomic mass is 10.0. The van der Waals surface area contributed by atoms with Gasteiger partial charge >= 0.3 is 0 Å². The number of rotatable bonds is 6. The lowest BCUT2D eigenvalue weighted by Crippen LogP contribution is -2.38. The van der Waals surface area contributed by atoms with E-state index in [9.17, 15) is 9.59 Å². The first kappa shape index (κ1) is 20.3. The molecule has 156 valence electrons. The second-order valence-electron chi connectivity index (χ2n) is 8.03. The molecule has 0 saturated carbocycles. The first-order chi connectivity index (χ1) is 14.4. The van der Waals surface area contributed by atoms with E-state index in [1.54, 1.807) is 6.07 Å². The van der Waals surface area contributed by atoms with Gasteiger partial charge in [-0.25, -0.2) is 9.97 Å². The number of thiophene rings is 1. The van der Waals surface area contributed by atoms with Gasteiger partial charge in [0.05, 0.1) is 28.8 Å². The zero-order valence-electron chi connectivity index (χ0n) is 17.5. The fraction of sp³-hybridized carbons (Fsp3) is 0.364. The molecule has 7 nitrogen and oxygen atoms in total. The second-order valence-corrected chi connectivity index (χ2v) is 8.92. The summed E-state index contributed by atoms with van der Waals surface area (Å²) in [6.45, 7) is 8.25. The molecule has 0 saturated heterocycles. The number of benzene rings is 1. The van der Waals surface area contributed by atoms with E-state index >= 15 is 0 Å². The van der Waals surface area contributed by atoms with Crippen LogP contribution in [0.25, 0.3) is 21.3 Å². The number of para-hydroxylation sites is 2. The van der Waals surface area contributed by atoms with E-state index in [1.165, 1.54) is 22.2 Å². The first-order valence-corrected chi connectivity index (χ1v) is 10.9. The normalized spacial score (nSPS) is 12.9. The van der Waals surface area contributed by atoms with Crippen molar-refractivity contribution in [3.8, 4) is 0 Å². The lowest BCUT2D eigenvalue weighted by molar-refractivity contribution is -0.122. The van der Waals surface area contributed by atoms with E-state index in [1.807, 2.05) is 29.6 Å². The number of nitrogens with zero attached hydrogens (tertiary/aromatic N) is 4. The summed E-state index contributed by atoms with van der Waals surface area (Å²) >= 11 is 1.41. The van der Waals surface area contributed by atoms with E-state index < -0.39 is 0 Å². The molecule has 8 heteroatoms. The predicted octanol–water partition coefficient (Wildman–Crippen LogP) is 3.90. The topological polar surface area (TPSA) is 81.8 Å². The van der Waals surface area contributed by atoms with Gasteiger partial charge < -0.3 is 9.88 Å². The summed E-state index contributed by atoms with van der Waals surface area (Å²) in [7, 11) is 0. The molecule has 0 fully saturated rings. The maximum atomic E-state index is 12.9. The van der Waals surface area contributed by atoms with Crippen LogP contribution in [0.1, 0.15) is 45.6 Å². The second kappa shape index (κ2) is 8.02. The summed E-state index contributed by atoms with van der Waals surface area (Å²) in [5, 5.41) is 5.47. The van der Waals surface area contributed by atoms with Crippen molar-refractivity contribution in [2.75, 3.05) is 0 Å². The summed E-state index contributed by atoms with van der Waals surface area (Å²) in [5.74, 6) is 0.709. The molecule has 0 aliphatic carbocycles. The van der Waals surface area contributed by atoms with Gasteiger partial charge in [0.2, 0.25) is 5.91 Å². The van der Waals surface area contributed by atoms with Crippen molar-refractivity contribution in [2.24, 2.45) is 5.92 Å². The molecule has 0 aliphatic heterocycles.